The highest BCUT2D eigenvalue weighted by atomic mass is 127. The fourth-order valence-electron chi connectivity index (χ4n) is 2.85. The second kappa shape index (κ2) is 14.0. The van der Waals surface area contributed by atoms with Crippen molar-refractivity contribution in [2.75, 3.05) is 52.5 Å². The van der Waals surface area contributed by atoms with Gasteiger partial charge in [-0.2, -0.15) is 0 Å². The molecule has 0 saturated carbocycles. The molecule has 1 fully saturated rings. The van der Waals surface area contributed by atoms with Crippen LogP contribution in [0.25, 0.3) is 0 Å². The fourth-order valence-corrected chi connectivity index (χ4v) is 2.85. The zero-order chi connectivity index (χ0) is 19.5. The van der Waals surface area contributed by atoms with E-state index in [-0.39, 0.29) is 30.0 Å². The second-order valence-corrected chi connectivity index (χ2v) is 7.35. The zero-order valence-electron chi connectivity index (χ0n) is 17.7. The van der Waals surface area contributed by atoms with Crippen molar-refractivity contribution in [1.82, 2.24) is 15.5 Å². The normalized spacial score (nSPS) is 16.4. The molecule has 0 amide bonds. The Balaban J connectivity index is 0.00000392. The Kier molecular flexibility index (Phi) is 12.5. The van der Waals surface area contributed by atoms with Crippen LogP contribution in [0.3, 0.4) is 0 Å². The van der Waals surface area contributed by atoms with Gasteiger partial charge in [0.1, 0.15) is 5.75 Å². The van der Waals surface area contributed by atoms with E-state index >= 15 is 0 Å². The number of halogens is 1. The van der Waals surface area contributed by atoms with Gasteiger partial charge in [0.2, 0.25) is 0 Å². The van der Waals surface area contributed by atoms with Gasteiger partial charge in [-0.1, -0.05) is 26.0 Å². The summed E-state index contributed by atoms with van der Waals surface area (Å²) in [5.74, 6) is 2.31. The molecule has 1 aromatic carbocycles. The minimum Gasteiger partial charge on any atom is -0.493 e. The highest BCUT2D eigenvalue weighted by molar-refractivity contribution is 14.0. The average Bonchev–Trinajstić information content (AvgIpc) is 2.67. The quantitative estimate of drug-likeness (QED) is 0.307. The molecule has 1 aromatic rings. The zero-order valence-corrected chi connectivity index (χ0v) is 20.1. The van der Waals surface area contributed by atoms with E-state index in [4.69, 9.17) is 14.5 Å². The van der Waals surface area contributed by atoms with Crippen molar-refractivity contribution in [3.8, 4) is 5.75 Å². The van der Waals surface area contributed by atoms with Crippen LogP contribution in [-0.4, -0.2) is 63.4 Å². The maximum Gasteiger partial charge on any atom is 0.191 e. The third kappa shape index (κ3) is 9.43. The third-order valence-corrected chi connectivity index (χ3v) is 4.45. The van der Waals surface area contributed by atoms with E-state index in [1.54, 1.807) is 0 Å². The van der Waals surface area contributed by atoms with Crippen LogP contribution >= 0.6 is 24.0 Å². The number of hydrogen-bond donors (Lipinski definition) is 2. The van der Waals surface area contributed by atoms with Crippen molar-refractivity contribution < 1.29 is 9.47 Å². The van der Waals surface area contributed by atoms with Crippen LogP contribution in [0.4, 0.5) is 0 Å². The monoisotopic (exact) mass is 504 g/mol. The number of aliphatic imine (C=N–C) groups is 1. The van der Waals surface area contributed by atoms with Crippen LogP contribution in [0.15, 0.2) is 29.3 Å². The van der Waals surface area contributed by atoms with Gasteiger partial charge in [-0.3, -0.25) is 9.89 Å². The van der Waals surface area contributed by atoms with E-state index in [9.17, 15) is 0 Å². The number of ether oxygens (including phenoxy) is 2. The molecule has 28 heavy (non-hydrogen) atoms. The lowest BCUT2D eigenvalue weighted by atomic mass is 10.1. The summed E-state index contributed by atoms with van der Waals surface area (Å²) in [6.45, 7) is 15.5. The summed E-state index contributed by atoms with van der Waals surface area (Å²) in [5.41, 5.74) is 1.21. The summed E-state index contributed by atoms with van der Waals surface area (Å²) in [5, 5.41) is 6.83. The van der Waals surface area contributed by atoms with Crippen molar-refractivity contribution in [3.05, 3.63) is 29.8 Å². The van der Waals surface area contributed by atoms with Gasteiger partial charge in [0.05, 0.1) is 32.4 Å². The van der Waals surface area contributed by atoms with Gasteiger partial charge in [0, 0.05) is 26.2 Å². The topological polar surface area (TPSA) is 58.1 Å². The molecule has 1 atom stereocenters. The summed E-state index contributed by atoms with van der Waals surface area (Å²) in [4.78, 5) is 7.13. The molecule has 2 N–H and O–H groups in total. The Bertz CT molecular complexity index is 560. The van der Waals surface area contributed by atoms with Crippen LogP contribution in [-0.2, 0) is 4.74 Å². The van der Waals surface area contributed by atoms with Crippen LogP contribution in [0, 0.1) is 5.92 Å². The van der Waals surface area contributed by atoms with Crippen LogP contribution in [0.1, 0.15) is 39.3 Å². The number of nitrogens with zero attached hydrogens (tertiary/aromatic N) is 2. The first-order valence-corrected chi connectivity index (χ1v) is 10.2. The van der Waals surface area contributed by atoms with Gasteiger partial charge in [-0.25, -0.2) is 0 Å². The molecule has 1 aliphatic heterocycles. The highest BCUT2D eigenvalue weighted by Gasteiger charge is 2.11. The predicted molar refractivity (Wildman–Crippen MR) is 127 cm³/mol. The predicted octanol–water partition coefficient (Wildman–Crippen LogP) is 3.29. The molecule has 7 heteroatoms. The van der Waals surface area contributed by atoms with Gasteiger partial charge in [-0.05, 0) is 37.5 Å². The molecule has 160 valence electrons. The minimum atomic E-state index is 0. The molecule has 1 saturated heterocycles. The lowest BCUT2D eigenvalue weighted by Gasteiger charge is -2.26. The largest absolute Gasteiger partial charge is 0.493 e. The number of rotatable bonds is 9. The molecule has 0 aromatic heterocycles. The number of hydrogen-bond acceptors (Lipinski definition) is 4. The smallest absolute Gasteiger partial charge is 0.191 e. The first-order chi connectivity index (χ1) is 13.1. The van der Waals surface area contributed by atoms with Crippen molar-refractivity contribution in [2.24, 2.45) is 10.9 Å². The molecule has 1 heterocycles. The van der Waals surface area contributed by atoms with E-state index < -0.39 is 0 Å². The standard InChI is InChI=1S/C21H36N4O2.HI/c1-5-22-21(23-10-11-25-12-14-26-15-13-25)24-18(4)19-6-8-20(9-7-19)27-16-17(2)3;/h6-9,17-18H,5,10-16H2,1-4H3,(H2,22,23,24);1H. The summed E-state index contributed by atoms with van der Waals surface area (Å²) in [6.07, 6.45) is 0. The minimum absolute atomic E-state index is 0. The molecular weight excluding hydrogens is 467 g/mol. The Morgan fingerprint density at radius 2 is 1.86 bits per heavy atom. The number of morpholine rings is 1. The maximum atomic E-state index is 5.76. The first kappa shape index (κ1) is 25.0. The molecule has 2 rings (SSSR count). The maximum absolute atomic E-state index is 5.76. The molecule has 0 aliphatic carbocycles. The molecular formula is C21H37IN4O2. The molecule has 1 unspecified atom stereocenters. The van der Waals surface area contributed by atoms with Crippen molar-refractivity contribution in [2.45, 2.75) is 33.7 Å². The van der Waals surface area contributed by atoms with E-state index in [1.165, 1.54) is 5.56 Å². The highest BCUT2D eigenvalue weighted by Crippen LogP contribution is 2.18. The van der Waals surface area contributed by atoms with Crippen LogP contribution in [0.5, 0.6) is 5.75 Å². The van der Waals surface area contributed by atoms with Crippen molar-refractivity contribution in [1.29, 1.82) is 0 Å². The lowest BCUT2D eigenvalue weighted by Crippen LogP contribution is -2.40. The van der Waals surface area contributed by atoms with Gasteiger partial charge >= 0.3 is 0 Å². The SMILES string of the molecule is CCNC(=NCCN1CCOCC1)NC(C)c1ccc(OCC(C)C)cc1.I. The molecule has 0 radical (unpaired) electrons. The Hall–Kier alpha value is -1.06. The van der Waals surface area contributed by atoms with Crippen molar-refractivity contribution in [3.63, 3.8) is 0 Å². The van der Waals surface area contributed by atoms with Crippen molar-refractivity contribution >= 4 is 29.9 Å². The molecule has 6 nitrogen and oxygen atoms in total. The van der Waals surface area contributed by atoms with E-state index in [0.29, 0.717) is 5.92 Å². The lowest BCUT2D eigenvalue weighted by molar-refractivity contribution is 0.0394. The summed E-state index contributed by atoms with van der Waals surface area (Å²) < 4.78 is 11.2. The Morgan fingerprint density at radius 1 is 1.18 bits per heavy atom. The van der Waals surface area contributed by atoms with Crippen LogP contribution < -0.4 is 15.4 Å². The van der Waals surface area contributed by atoms with Gasteiger partial charge < -0.3 is 20.1 Å². The Labute approximate surface area is 187 Å². The second-order valence-electron chi connectivity index (χ2n) is 7.35. The van der Waals surface area contributed by atoms with E-state index in [0.717, 1.165) is 64.3 Å². The number of nitrogens with one attached hydrogen (secondary N) is 2. The van der Waals surface area contributed by atoms with Crippen LogP contribution in [0.2, 0.25) is 0 Å². The Morgan fingerprint density at radius 3 is 2.46 bits per heavy atom. The molecule has 0 bridgehead atoms. The van der Waals surface area contributed by atoms with Gasteiger partial charge in [0.15, 0.2) is 5.96 Å². The summed E-state index contributed by atoms with van der Waals surface area (Å²) >= 11 is 0. The fraction of sp³-hybridized carbons (Fsp3) is 0.667. The average molecular weight is 504 g/mol. The summed E-state index contributed by atoms with van der Waals surface area (Å²) in [6, 6.07) is 8.48. The number of benzene rings is 1. The molecule has 0 spiro atoms. The third-order valence-electron chi connectivity index (χ3n) is 4.45. The van der Waals surface area contributed by atoms with Gasteiger partial charge in [-0.15, -0.1) is 24.0 Å². The number of guanidine groups is 1. The summed E-state index contributed by atoms with van der Waals surface area (Å²) in [7, 11) is 0. The van der Waals surface area contributed by atoms with E-state index in [2.05, 4.69) is 55.4 Å². The first-order valence-electron chi connectivity index (χ1n) is 10.2. The molecule has 1 aliphatic rings. The van der Waals surface area contributed by atoms with E-state index in [1.807, 2.05) is 12.1 Å². The van der Waals surface area contributed by atoms with Gasteiger partial charge in [0.25, 0.3) is 0 Å².